The molecule has 0 heterocycles. The van der Waals surface area contributed by atoms with Gasteiger partial charge in [0, 0.05) is 6.54 Å². The second kappa shape index (κ2) is 10.9. The van der Waals surface area contributed by atoms with E-state index in [0.29, 0.717) is 29.7 Å². The zero-order valence-corrected chi connectivity index (χ0v) is 18.5. The molecule has 0 fully saturated rings. The van der Waals surface area contributed by atoms with Gasteiger partial charge in [-0.1, -0.05) is 53.6 Å². The molecule has 0 radical (unpaired) electrons. The van der Waals surface area contributed by atoms with Gasteiger partial charge in [-0.2, -0.15) is 0 Å². The van der Waals surface area contributed by atoms with Crippen LogP contribution in [0.5, 0.6) is 17.2 Å². The van der Waals surface area contributed by atoms with Gasteiger partial charge in [0.2, 0.25) is 0 Å². The molecule has 0 unspecified atom stereocenters. The van der Waals surface area contributed by atoms with E-state index < -0.39 is 0 Å². The van der Waals surface area contributed by atoms with Crippen molar-refractivity contribution in [1.29, 1.82) is 0 Å². The summed E-state index contributed by atoms with van der Waals surface area (Å²) < 4.78 is 16.7. The molecule has 3 rings (SSSR count). The summed E-state index contributed by atoms with van der Waals surface area (Å²) in [5, 5.41) is 4.00. The molecule has 0 aliphatic heterocycles. The van der Waals surface area contributed by atoms with E-state index in [-0.39, 0.29) is 0 Å². The average molecular weight is 426 g/mol. The van der Waals surface area contributed by atoms with Crippen molar-refractivity contribution in [2.45, 2.75) is 26.5 Å². The molecule has 30 heavy (non-hydrogen) atoms. The molecule has 0 bridgehead atoms. The predicted molar refractivity (Wildman–Crippen MR) is 122 cm³/mol. The van der Waals surface area contributed by atoms with Gasteiger partial charge in [0.25, 0.3) is 0 Å². The lowest BCUT2D eigenvalue weighted by atomic mass is 10.1. The quantitative estimate of drug-likeness (QED) is 0.430. The van der Waals surface area contributed by atoms with Gasteiger partial charge in [-0.25, -0.2) is 0 Å². The topological polar surface area (TPSA) is 39.7 Å². The maximum atomic E-state index is 6.50. The molecule has 4 nitrogen and oxygen atoms in total. The number of ether oxygens (including phenoxy) is 3. The summed E-state index contributed by atoms with van der Waals surface area (Å²) in [5.41, 5.74) is 4.61. The molecule has 3 aromatic carbocycles. The molecule has 0 aromatic heterocycles. The highest BCUT2D eigenvalue weighted by atomic mass is 35.5. The molecular weight excluding hydrogens is 398 g/mol. The van der Waals surface area contributed by atoms with E-state index in [9.17, 15) is 0 Å². The van der Waals surface area contributed by atoms with Crippen LogP contribution in [0.1, 0.15) is 22.3 Å². The lowest BCUT2D eigenvalue weighted by molar-refractivity contribution is 0.284. The Morgan fingerprint density at radius 3 is 2.37 bits per heavy atom. The van der Waals surface area contributed by atoms with Crippen LogP contribution in [-0.4, -0.2) is 20.8 Å². The Morgan fingerprint density at radius 2 is 1.67 bits per heavy atom. The Balaban J connectivity index is 1.56. The van der Waals surface area contributed by atoms with E-state index in [1.165, 1.54) is 11.1 Å². The number of rotatable bonds is 10. The van der Waals surface area contributed by atoms with E-state index in [2.05, 4.69) is 36.5 Å². The van der Waals surface area contributed by atoms with Crippen LogP contribution in [0.4, 0.5) is 0 Å². The van der Waals surface area contributed by atoms with Crippen molar-refractivity contribution in [2.24, 2.45) is 0 Å². The number of halogens is 1. The maximum Gasteiger partial charge on any atom is 0.180 e. The summed E-state index contributed by atoms with van der Waals surface area (Å²) in [6.45, 7) is 4.06. The van der Waals surface area contributed by atoms with Gasteiger partial charge in [0.05, 0.1) is 19.2 Å². The normalized spacial score (nSPS) is 10.7. The highest BCUT2D eigenvalue weighted by Crippen LogP contribution is 2.37. The largest absolute Gasteiger partial charge is 0.497 e. The first-order valence-electron chi connectivity index (χ1n) is 9.97. The molecule has 0 atom stereocenters. The minimum Gasteiger partial charge on any atom is -0.497 e. The smallest absolute Gasteiger partial charge is 0.180 e. The van der Waals surface area contributed by atoms with E-state index in [0.717, 1.165) is 29.8 Å². The molecular formula is C25H28ClNO3. The van der Waals surface area contributed by atoms with E-state index in [4.69, 9.17) is 25.8 Å². The summed E-state index contributed by atoms with van der Waals surface area (Å²) in [7, 11) is 3.31. The zero-order valence-electron chi connectivity index (χ0n) is 17.7. The number of methoxy groups -OCH3 is 2. The molecule has 3 aromatic rings. The lowest BCUT2D eigenvalue weighted by Crippen LogP contribution is -2.16. The number of aryl methyl sites for hydroxylation is 1. The minimum absolute atomic E-state index is 0.442. The summed E-state index contributed by atoms with van der Waals surface area (Å²) in [4.78, 5) is 0. The van der Waals surface area contributed by atoms with Crippen molar-refractivity contribution in [3.63, 3.8) is 0 Å². The fourth-order valence-electron chi connectivity index (χ4n) is 3.23. The zero-order chi connectivity index (χ0) is 21.3. The first-order valence-corrected chi connectivity index (χ1v) is 10.3. The van der Waals surface area contributed by atoms with Gasteiger partial charge in [0.1, 0.15) is 12.4 Å². The van der Waals surface area contributed by atoms with Gasteiger partial charge in [-0.05, 0) is 60.8 Å². The third kappa shape index (κ3) is 6.15. The van der Waals surface area contributed by atoms with Crippen molar-refractivity contribution >= 4 is 11.6 Å². The Labute approximate surface area is 183 Å². The fourth-order valence-corrected chi connectivity index (χ4v) is 3.52. The molecule has 0 aliphatic carbocycles. The van der Waals surface area contributed by atoms with Gasteiger partial charge in [-0.15, -0.1) is 0 Å². The second-order valence-corrected chi connectivity index (χ2v) is 7.57. The summed E-state index contributed by atoms with van der Waals surface area (Å²) in [6, 6.07) is 20.2. The van der Waals surface area contributed by atoms with Gasteiger partial charge in [0.15, 0.2) is 11.5 Å². The van der Waals surface area contributed by atoms with Crippen LogP contribution in [0.3, 0.4) is 0 Å². The third-order valence-corrected chi connectivity index (χ3v) is 5.11. The first-order chi connectivity index (χ1) is 14.6. The predicted octanol–water partition coefficient (Wildman–Crippen LogP) is 5.58. The molecule has 5 heteroatoms. The van der Waals surface area contributed by atoms with Crippen molar-refractivity contribution in [3.05, 3.63) is 87.9 Å². The highest BCUT2D eigenvalue weighted by molar-refractivity contribution is 6.32. The van der Waals surface area contributed by atoms with Crippen molar-refractivity contribution < 1.29 is 14.2 Å². The van der Waals surface area contributed by atoms with Crippen molar-refractivity contribution in [1.82, 2.24) is 5.32 Å². The number of hydrogen-bond donors (Lipinski definition) is 1. The summed E-state index contributed by atoms with van der Waals surface area (Å²) >= 11 is 6.50. The third-order valence-electron chi connectivity index (χ3n) is 4.83. The monoisotopic (exact) mass is 425 g/mol. The Bertz CT molecular complexity index is 957. The van der Waals surface area contributed by atoms with Crippen LogP contribution in [0, 0.1) is 6.92 Å². The molecule has 0 saturated carbocycles. The second-order valence-electron chi connectivity index (χ2n) is 7.16. The van der Waals surface area contributed by atoms with Crippen LogP contribution in [0.15, 0.2) is 60.7 Å². The van der Waals surface area contributed by atoms with Crippen molar-refractivity contribution in [3.8, 4) is 17.2 Å². The highest BCUT2D eigenvalue weighted by Gasteiger charge is 2.12. The number of hydrogen-bond acceptors (Lipinski definition) is 4. The number of nitrogens with one attached hydrogen (secondary N) is 1. The Kier molecular flexibility index (Phi) is 8.00. The van der Waals surface area contributed by atoms with E-state index in [1.807, 2.05) is 36.4 Å². The van der Waals surface area contributed by atoms with Crippen LogP contribution in [0.2, 0.25) is 5.02 Å². The van der Waals surface area contributed by atoms with Gasteiger partial charge < -0.3 is 19.5 Å². The minimum atomic E-state index is 0.442. The van der Waals surface area contributed by atoms with Gasteiger partial charge in [-0.3, -0.25) is 0 Å². The molecule has 0 aliphatic rings. The molecule has 0 amide bonds. The maximum absolute atomic E-state index is 6.50. The fraction of sp³-hybridized carbons (Fsp3) is 0.280. The summed E-state index contributed by atoms with van der Waals surface area (Å²) in [6.07, 6.45) is 0.937. The van der Waals surface area contributed by atoms with Crippen LogP contribution >= 0.6 is 11.6 Å². The van der Waals surface area contributed by atoms with E-state index >= 15 is 0 Å². The lowest BCUT2D eigenvalue weighted by Gasteiger charge is -2.15. The standard InChI is InChI=1S/C25H28ClNO3/c1-18-5-4-6-20(13-18)17-30-25-23(26)14-21(15-24(25)29-3)16-27-12-11-19-7-9-22(28-2)10-8-19/h4-10,13-15,27H,11-12,16-17H2,1-3H3. The van der Waals surface area contributed by atoms with Crippen LogP contribution < -0.4 is 19.5 Å². The van der Waals surface area contributed by atoms with Crippen LogP contribution in [-0.2, 0) is 19.6 Å². The summed E-state index contributed by atoms with van der Waals surface area (Å²) in [5.74, 6) is 2.09. The number of benzene rings is 3. The molecule has 158 valence electrons. The van der Waals surface area contributed by atoms with Crippen molar-refractivity contribution in [2.75, 3.05) is 20.8 Å². The average Bonchev–Trinajstić information content (AvgIpc) is 2.76. The Morgan fingerprint density at radius 1 is 0.867 bits per heavy atom. The molecule has 0 spiro atoms. The SMILES string of the molecule is COc1ccc(CCNCc2cc(Cl)c(OCc3cccc(C)c3)c(OC)c2)cc1. The molecule has 0 saturated heterocycles. The van der Waals surface area contributed by atoms with Gasteiger partial charge >= 0.3 is 0 Å². The molecule has 1 N–H and O–H groups in total. The van der Waals surface area contributed by atoms with Crippen LogP contribution in [0.25, 0.3) is 0 Å². The Hall–Kier alpha value is -2.69. The first kappa shape index (κ1) is 22.0. The van der Waals surface area contributed by atoms with E-state index in [1.54, 1.807) is 14.2 Å².